The average Bonchev–Trinajstić information content (AvgIpc) is 2.88. The minimum atomic E-state index is -4.89. The topological polar surface area (TPSA) is 15.7 Å². The number of ether oxygens (including phenoxy) is 1. The summed E-state index contributed by atoms with van der Waals surface area (Å²) in [6.07, 6.45) is -9.78. The minimum absolute atomic E-state index is 0.00739. The quantitative estimate of drug-likeness (QED) is 0.324. The van der Waals surface area contributed by atoms with Crippen LogP contribution in [0.15, 0.2) is 72.8 Å². The second-order valence-corrected chi connectivity index (χ2v) is 9.40. The summed E-state index contributed by atoms with van der Waals surface area (Å²) in [6, 6.07) is 18.8. The van der Waals surface area contributed by atoms with Gasteiger partial charge in [-0.1, -0.05) is 30.3 Å². The van der Waals surface area contributed by atoms with Gasteiger partial charge in [0.25, 0.3) is 0 Å². The number of methoxy groups -OCH3 is 1. The van der Waals surface area contributed by atoms with E-state index < -0.39 is 29.0 Å². The van der Waals surface area contributed by atoms with Gasteiger partial charge in [-0.2, -0.15) is 26.3 Å². The lowest BCUT2D eigenvalue weighted by Crippen LogP contribution is -2.55. The molecule has 0 saturated carbocycles. The number of nitrogens with zero attached hydrogens (tertiary/aromatic N) is 2. The van der Waals surface area contributed by atoms with Crippen molar-refractivity contribution in [2.24, 2.45) is 0 Å². The number of benzene rings is 3. The lowest BCUT2D eigenvalue weighted by atomic mass is 9.82. The number of alkyl halides is 6. The fourth-order valence-corrected chi connectivity index (χ4v) is 4.96. The highest BCUT2D eigenvalue weighted by Gasteiger charge is 2.40. The molecule has 0 spiro atoms. The maximum Gasteiger partial charge on any atom is 0.416 e. The maximum absolute atomic E-state index is 13.5. The van der Waals surface area contributed by atoms with Crippen LogP contribution in [0.5, 0.6) is 5.75 Å². The molecule has 3 aromatic carbocycles. The van der Waals surface area contributed by atoms with Gasteiger partial charge in [-0.05, 0) is 66.9 Å². The normalized spacial score (nSPS) is 16.9. The summed E-state index contributed by atoms with van der Waals surface area (Å²) in [7, 11) is 1.60. The monoisotopic (exact) mass is 522 g/mol. The first kappa shape index (κ1) is 26.9. The summed E-state index contributed by atoms with van der Waals surface area (Å²) in [5, 5.41) is 0. The molecule has 0 bridgehead atoms. The molecule has 3 nitrogen and oxygen atoms in total. The molecule has 1 fully saturated rings. The van der Waals surface area contributed by atoms with Gasteiger partial charge < -0.3 is 9.64 Å². The van der Waals surface area contributed by atoms with Gasteiger partial charge >= 0.3 is 12.4 Å². The van der Waals surface area contributed by atoms with Gasteiger partial charge in [-0.15, -0.1) is 0 Å². The maximum atomic E-state index is 13.5. The van der Waals surface area contributed by atoms with E-state index in [0.29, 0.717) is 26.2 Å². The Hall–Kier alpha value is -3.20. The van der Waals surface area contributed by atoms with Crippen molar-refractivity contribution < 1.29 is 31.1 Å². The van der Waals surface area contributed by atoms with E-state index >= 15 is 0 Å². The van der Waals surface area contributed by atoms with Crippen molar-refractivity contribution >= 4 is 5.69 Å². The van der Waals surface area contributed by atoms with Crippen molar-refractivity contribution in [2.45, 2.75) is 31.2 Å². The molecule has 1 heterocycles. The third-order valence-electron chi connectivity index (χ3n) is 7.01. The highest BCUT2D eigenvalue weighted by molar-refractivity contribution is 5.49. The molecule has 0 aliphatic carbocycles. The van der Waals surface area contributed by atoms with Crippen molar-refractivity contribution in [3.05, 3.63) is 95.1 Å². The molecule has 1 atom stereocenters. The smallest absolute Gasteiger partial charge is 0.416 e. The summed E-state index contributed by atoms with van der Waals surface area (Å²) in [5.41, 5.74) is -1.56. The van der Waals surface area contributed by atoms with Gasteiger partial charge in [0.05, 0.1) is 18.2 Å². The number of rotatable bonds is 6. The first-order valence-corrected chi connectivity index (χ1v) is 11.9. The standard InChI is InChI=1S/C28H28F6N2O/c1-26(21-6-4-3-5-7-21,19-20-16-22(27(29,30)31)18-23(17-20)28(32,33)34)36-14-12-35(13-15-36)24-8-10-25(37-2)11-9-24/h3-11,16-18H,12-15,19H2,1-2H3. The molecule has 0 radical (unpaired) electrons. The third-order valence-corrected chi connectivity index (χ3v) is 7.01. The van der Waals surface area contributed by atoms with E-state index in [-0.39, 0.29) is 18.1 Å². The van der Waals surface area contributed by atoms with Crippen LogP contribution < -0.4 is 9.64 Å². The van der Waals surface area contributed by atoms with Crippen LogP contribution in [-0.2, 0) is 24.3 Å². The number of hydrogen-bond acceptors (Lipinski definition) is 3. The predicted octanol–water partition coefficient (Wildman–Crippen LogP) is 7.01. The van der Waals surface area contributed by atoms with E-state index in [2.05, 4.69) is 9.80 Å². The zero-order chi connectivity index (χ0) is 26.8. The average molecular weight is 523 g/mol. The lowest BCUT2D eigenvalue weighted by Gasteiger charge is -2.47. The Labute approximate surface area is 212 Å². The predicted molar refractivity (Wildman–Crippen MR) is 131 cm³/mol. The second-order valence-electron chi connectivity index (χ2n) is 9.40. The number of hydrogen-bond donors (Lipinski definition) is 0. The van der Waals surface area contributed by atoms with Crippen LogP contribution in [0.1, 0.15) is 29.2 Å². The summed E-state index contributed by atoms with van der Waals surface area (Å²) in [5.74, 6) is 0.748. The van der Waals surface area contributed by atoms with E-state index in [4.69, 9.17) is 4.74 Å². The molecule has 1 aliphatic rings. The molecule has 9 heteroatoms. The molecule has 4 rings (SSSR count). The molecule has 0 amide bonds. The highest BCUT2D eigenvalue weighted by atomic mass is 19.4. The number of piperazine rings is 1. The van der Waals surface area contributed by atoms with Gasteiger partial charge in [-0.25, -0.2) is 0 Å². The zero-order valence-electron chi connectivity index (χ0n) is 20.5. The SMILES string of the molecule is COc1ccc(N2CCN(C(C)(Cc3cc(C(F)(F)F)cc(C(F)(F)F)c3)c3ccccc3)CC2)cc1. The van der Waals surface area contributed by atoms with Gasteiger partial charge in [0.2, 0.25) is 0 Å². The van der Waals surface area contributed by atoms with E-state index in [1.807, 2.05) is 61.5 Å². The van der Waals surface area contributed by atoms with Crippen LogP contribution in [0.2, 0.25) is 0 Å². The molecule has 37 heavy (non-hydrogen) atoms. The van der Waals surface area contributed by atoms with Crippen LogP contribution in [0.4, 0.5) is 32.0 Å². The van der Waals surface area contributed by atoms with Crippen LogP contribution in [-0.4, -0.2) is 38.2 Å². The van der Waals surface area contributed by atoms with Gasteiger partial charge in [0, 0.05) is 37.4 Å². The molecule has 0 aromatic heterocycles. The molecule has 1 aliphatic heterocycles. The molecule has 1 unspecified atom stereocenters. The Morgan fingerprint density at radius 3 is 1.73 bits per heavy atom. The zero-order valence-corrected chi connectivity index (χ0v) is 20.5. The molecule has 3 aromatic rings. The fourth-order valence-electron chi connectivity index (χ4n) is 4.96. The Morgan fingerprint density at radius 1 is 0.703 bits per heavy atom. The summed E-state index contributed by atoms with van der Waals surface area (Å²) >= 11 is 0. The van der Waals surface area contributed by atoms with Crippen molar-refractivity contribution in [1.29, 1.82) is 0 Å². The van der Waals surface area contributed by atoms with Gasteiger partial charge in [0.15, 0.2) is 0 Å². The van der Waals surface area contributed by atoms with Crippen molar-refractivity contribution in [2.75, 3.05) is 38.2 Å². The van der Waals surface area contributed by atoms with Crippen LogP contribution in [0, 0.1) is 0 Å². The number of halogens is 6. The highest BCUT2D eigenvalue weighted by Crippen LogP contribution is 2.39. The van der Waals surface area contributed by atoms with Crippen molar-refractivity contribution in [1.82, 2.24) is 4.90 Å². The van der Waals surface area contributed by atoms with Crippen molar-refractivity contribution in [3.8, 4) is 5.75 Å². The van der Waals surface area contributed by atoms with Crippen LogP contribution in [0.25, 0.3) is 0 Å². The van der Waals surface area contributed by atoms with Crippen LogP contribution >= 0.6 is 0 Å². The van der Waals surface area contributed by atoms with E-state index in [1.165, 1.54) is 0 Å². The van der Waals surface area contributed by atoms with E-state index in [0.717, 1.165) is 29.1 Å². The molecule has 0 N–H and O–H groups in total. The number of anilines is 1. The van der Waals surface area contributed by atoms with E-state index in [1.54, 1.807) is 7.11 Å². The third kappa shape index (κ3) is 6.04. The Morgan fingerprint density at radius 2 is 1.24 bits per heavy atom. The second kappa shape index (κ2) is 10.3. The van der Waals surface area contributed by atoms with Crippen LogP contribution in [0.3, 0.4) is 0 Å². The first-order chi connectivity index (χ1) is 17.4. The van der Waals surface area contributed by atoms with Gasteiger partial charge in [-0.3, -0.25) is 4.90 Å². The molecular formula is C28H28F6N2O. The van der Waals surface area contributed by atoms with Crippen molar-refractivity contribution in [3.63, 3.8) is 0 Å². The summed E-state index contributed by atoms with van der Waals surface area (Å²) in [6.45, 7) is 4.38. The minimum Gasteiger partial charge on any atom is -0.497 e. The van der Waals surface area contributed by atoms with Gasteiger partial charge in [0.1, 0.15) is 5.75 Å². The molecular weight excluding hydrogens is 494 g/mol. The Kier molecular flexibility index (Phi) is 7.46. The summed E-state index contributed by atoms with van der Waals surface area (Å²) in [4.78, 5) is 4.35. The summed E-state index contributed by atoms with van der Waals surface area (Å²) < 4.78 is 86.3. The molecule has 1 saturated heterocycles. The molecule has 198 valence electrons. The lowest BCUT2D eigenvalue weighted by molar-refractivity contribution is -0.143. The Bertz CT molecular complexity index is 1150. The largest absolute Gasteiger partial charge is 0.497 e. The fraction of sp³-hybridized carbons (Fsp3) is 0.357. The van der Waals surface area contributed by atoms with E-state index in [9.17, 15) is 26.3 Å². The first-order valence-electron chi connectivity index (χ1n) is 11.9. The Balaban J connectivity index is 1.65.